The monoisotopic (exact) mass is 498 g/mol. The highest BCUT2D eigenvalue weighted by atomic mass is 127. The number of ether oxygens (including phenoxy) is 1. The van der Waals surface area contributed by atoms with E-state index in [4.69, 9.17) is 9.73 Å². The number of benzene rings is 1. The fourth-order valence-corrected chi connectivity index (χ4v) is 4.99. The number of aliphatic imine (C=N–C) groups is 1. The molecule has 0 radical (unpaired) electrons. The minimum absolute atomic E-state index is 0. The molecule has 2 aliphatic heterocycles. The first-order chi connectivity index (χ1) is 13.3. The van der Waals surface area contributed by atoms with Crippen molar-refractivity contribution in [3.05, 3.63) is 29.8 Å². The third-order valence-electron chi connectivity index (χ3n) is 6.48. The Morgan fingerprint density at radius 1 is 1.11 bits per heavy atom. The molecule has 1 saturated carbocycles. The van der Waals surface area contributed by atoms with Crippen LogP contribution < -0.4 is 10.2 Å². The molecule has 156 valence electrons. The lowest BCUT2D eigenvalue weighted by molar-refractivity contribution is 0.122. The summed E-state index contributed by atoms with van der Waals surface area (Å²) < 4.78 is 5.52. The summed E-state index contributed by atoms with van der Waals surface area (Å²) in [6, 6.07) is 8.71. The predicted molar refractivity (Wildman–Crippen MR) is 127 cm³/mol. The summed E-state index contributed by atoms with van der Waals surface area (Å²) in [6.07, 6.45) is 6.97. The van der Waals surface area contributed by atoms with E-state index in [1.165, 1.54) is 49.9 Å². The molecule has 2 heterocycles. The van der Waals surface area contributed by atoms with Crippen LogP contribution in [0, 0.1) is 5.41 Å². The van der Waals surface area contributed by atoms with Crippen LogP contribution >= 0.6 is 24.0 Å². The number of hydrogen-bond acceptors (Lipinski definition) is 3. The highest BCUT2D eigenvalue weighted by molar-refractivity contribution is 14.0. The van der Waals surface area contributed by atoms with Gasteiger partial charge in [-0.05, 0) is 43.2 Å². The van der Waals surface area contributed by atoms with Crippen LogP contribution in [-0.4, -0.2) is 56.8 Å². The van der Waals surface area contributed by atoms with Crippen LogP contribution in [0.3, 0.4) is 0 Å². The van der Waals surface area contributed by atoms with Gasteiger partial charge in [0.2, 0.25) is 0 Å². The molecule has 0 amide bonds. The maximum Gasteiger partial charge on any atom is 0.194 e. The van der Waals surface area contributed by atoms with Gasteiger partial charge in [-0.3, -0.25) is 0 Å². The third-order valence-corrected chi connectivity index (χ3v) is 6.48. The Balaban J connectivity index is 0.00000225. The second kappa shape index (κ2) is 10.1. The number of guanidine groups is 1. The SMILES string of the molecule is CCNC(=NCc1ccccc1N1CCOCC1)N1CCC2(CCCC2)C1.I. The zero-order valence-corrected chi connectivity index (χ0v) is 19.5. The quantitative estimate of drug-likeness (QED) is 0.389. The van der Waals surface area contributed by atoms with Crippen molar-refractivity contribution >= 4 is 35.6 Å². The standard InChI is InChI=1S/C22H34N4O.HI/c1-2-23-21(26-12-11-22(18-26)9-5-6-10-22)24-17-19-7-3-4-8-20(19)25-13-15-27-16-14-25;/h3-4,7-8H,2,5-6,9-18H2,1H3,(H,23,24);1H. The highest BCUT2D eigenvalue weighted by Gasteiger charge is 2.41. The molecule has 3 aliphatic rings. The number of likely N-dealkylation sites (tertiary alicyclic amines) is 1. The van der Waals surface area contributed by atoms with Crippen molar-refractivity contribution in [1.82, 2.24) is 10.2 Å². The Morgan fingerprint density at radius 3 is 2.61 bits per heavy atom. The average Bonchev–Trinajstić information content (AvgIpc) is 3.36. The molecule has 4 rings (SSSR count). The van der Waals surface area contributed by atoms with Crippen molar-refractivity contribution in [2.45, 2.75) is 45.6 Å². The number of para-hydroxylation sites is 1. The Morgan fingerprint density at radius 2 is 1.86 bits per heavy atom. The van der Waals surface area contributed by atoms with Gasteiger partial charge in [-0.15, -0.1) is 24.0 Å². The molecule has 1 aromatic rings. The summed E-state index contributed by atoms with van der Waals surface area (Å²) >= 11 is 0. The van der Waals surface area contributed by atoms with Gasteiger partial charge in [0.15, 0.2) is 5.96 Å². The molecule has 1 spiro atoms. The van der Waals surface area contributed by atoms with Crippen LogP contribution in [0.4, 0.5) is 5.69 Å². The second-order valence-corrected chi connectivity index (χ2v) is 8.28. The Bertz CT molecular complexity index is 654. The lowest BCUT2D eigenvalue weighted by atomic mass is 9.86. The van der Waals surface area contributed by atoms with E-state index >= 15 is 0 Å². The molecule has 28 heavy (non-hydrogen) atoms. The molecule has 3 fully saturated rings. The Kier molecular flexibility index (Phi) is 7.85. The molecular weight excluding hydrogens is 463 g/mol. The maximum absolute atomic E-state index is 5.52. The fourth-order valence-electron chi connectivity index (χ4n) is 4.99. The van der Waals surface area contributed by atoms with Gasteiger partial charge in [-0.25, -0.2) is 4.99 Å². The molecule has 0 aromatic heterocycles. The number of nitrogens with zero attached hydrogens (tertiary/aromatic N) is 3. The summed E-state index contributed by atoms with van der Waals surface area (Å²) in [5.74, 6) is 1.10. The Hall–Kier alpha value is -1.02. The zero-order valence-electron chi connectivity index (χ0n) is 17.2. The summed E-state index contributed by atoms with van der Waals surface area (Å²) in [4.78, 5) is 9.99. The van der Waals surface area contributed by atoms with E-state index in [1.807, 2.05) is 0 Å². The predicted octanol–water partition coefficient (Wildman–Crippen LogP) is 3.87. The van der Waals surface area contributed by atoms with Gasteiger partial charge in [0.1, 0.15) is 0 Å². The van der Waals surface area contributed by atoms with Crippen molar-refractivity contribution in [1.29, 1.82) is 0 Å². The summed E-state index contributed by atoms with van der Waals surface area (Å²) in [7, 11) is 0. The minimum atomic E-state index is 0. The molecule has 2 saturated heterocycles. The molecule has 5 nitrogen and oxygen atoms in total. The van der Waals surface area contributed by atoms with Gasteiger partial charge in [0.05, 0.1) is 19.8 Å². The lowest BCUT2D eigenvalue weighted by Gasteiger charge is -2.30. The molecule has 0 unspecified atom stereocenters. The summed E-state index contributed by atoms with van der Waals surface area (Å²) in [5, 5.41) is 3.54. The van der Waals surface area contributed by atoms with E-state index in [-0.39, 0.29) is 24.0 Å². The molecule has 6 heteroatoms. The first-order valence-corrected chi connectivity index (χ1v) is 10.7. The molecule has 0 atom stereocenters. The average molecular weight is 498 g/mol. The molecule has 1 aromatic carbocycles. The maximum atomic E-state index is 5.52. The van der Waals surface area contributed by atoms with E-state index in [1.54, 1.807) is 0 Å². The van der Waals surface area contributed by atoms with E-state index in [0.717, 1.165) is 51.9 Å². The Labute approximate surface area is 186 Å². The van der Waals surface area contributed by atoms with E-state index < -0.39 is 0 Å². The van der Waals surface area contributed by atoms with E-state index in [9.17, 15) is 0 Å². The topological polar surface area (TPSA) is 40.1 Å². The largest absolute Gasteiger partial charge is 0.378 e. The number of rotatable bonds is 4. The van der Waals surface area contributed by atoms with Crippen LogP contribution in [0.2, 0.25) is 0 Å². The summed E-state index contributed by atoms with van der Waals surface area (Å²) in [5.41, 5.74) is 3.20. The van der Waals surface area contributed by atoms with Crippen molar-refractivity contribution in [2.24, 2.45) is 10.4 Å². The number of hydrogen-bond donors (Lipinski definition) is 1. The van der Waals surface area contributed by atoms with Gasteiger partial charge >= 0.3 is 0 Å². The highest BCUT2D eigenvalue weighted by Crippen LogP contribution is 2.45. The van der Waals surface area contributed by atoms with E-state index in [0.29, 0.717) is 5.41 Å². The second-order valence-electron chi connectivity index (χ2n) is 8.28. The minimum Gasteiger partial charge on any atom is -0.378 e. The van der Waals surface area contributed by atoms with Crippen molar-refractivity contribution in [2.75, 3.05) is 50.8 Å². The van der Waals surface area contributed by atoms with Crippen molar-refractivity contribution < 1.29 is 4.74 Å². The normalized spacial score (nSPS) is 21.8. The van der Waals surface area contributed by atoms with Crippen LogP contribution in [0.1, 0.15) is 44.6 Å². The zero-order chi connectivity index (χ0) is 18.5. The number of halogens is 1. The first kappa shape index (κ1) is 21.7. The van der Waals surface area contributed by atoms with Crippen LogP contribution in [0.15, 0.2) is 29.3 Å². The van der Waals surface area contributed by atoms with Gasteiger partial charge in [-0.1, -0.05) is 31.0 Å². The van der Waals surface area contributed by atoms with Gasteiger partial charge in [0.25, 0.3) is 0 Å². The van der Waals surface area contributed by atoms with Gasteiger partial charge in [-0.2, -0.15) is 0 Å². The van der Waals surface area contributed by atoms with E-state index in [2.05, 4.69) is 46.3 Å². The molecule has 0 bridgehead atoms. The van der Waals surface area contributed by atoms with Crippen molar-refractivity contribution in [3.8, 4) is 0 Å². The van der Waals surface area contributed by atoms with Gasteiger partial charge < -0.3 is 19.9 Å². The number of nitrogens with one attached hydrogen (secondary N) is 1. The number of morpholine rings is 1. The van der Waals surface area contributed by atoms with Crippen LogP contribution in [0.5, 0.6) is 0 Å². The molecule has 1 N–H and O–H groups in total. The lowest BCUT2D eigenvalue weighted by Crippen LogP contribution is -2.41. The smallest absolute Gasteiger partial charge is 0.194 e. The fraction of sp³-hybridized carbons (Fsp3) is 0.682. The molecule has 1 aliphatic carbocycles. The van der Waals surface area contributed by atoms with Crippen molar-refractivity contribution in [3.63, 3.8) is 0 Å². The molecular formula is C22H35IN4O. The third kappa shape index (κ3) is 4.93. The number of anilines is 1. The van der Waals surface area contributed by atoms with Crippen LogP contribution in [-0.2, 0) is 11.3 Å². The first-order valence-electron chi connectivity index (χ1n) is 10.7. The van der Waals surface area contributed by atoms with Gasteiger partial charge in [0, 0.05) is 38.4 Å². The summed E-state index contributed by atoms with van der Waals surface area (Å²) in [6.45, 7) is 9.73. The van der Waals surface area contributed by atoms with Crippen LogP contribution in [0.25, 0.3) is 0 Å².